The van der Waals surface area contributed by atoms with Crippen LogP contribution in [0.3, 0.4) is 0 Å². The highest BCUT2D eigenvalue weighted by atomic mass is 16.4. The van der Waals surface area contributed by atoms with Crippen LogP contribution >= 0.6 is 0 Å². The third-order valence-electron chi connectivity index (χ3n) is 17.0. The van der Waals surface area contributed by atoms with Crippen LogP contribution in [0.15, 0.2) is 140 Å². The molecule has 27 heteroatoms. The SMILES string of the molecule is CC(C)C(NC(=O)C(Cc1ccccc1)NC(=O)C(Cc1ccccc1)NC(=O)C(Cc1c[nH]cn1)NC(=O)C(Cc1ccccc1)NC(=O)C1CCCN1C(=O)C(Cc1c[nH]cn1)NC(=O)C1CCCN1)C(=O)NC(Cc1ccc(O)cc1)C(=O)NC(CCCCN)C(=O)O. The molecule has 8 rings (SSSR count). The van der Waals surface area contributed by atoms with Gasteiger partial charge in [0, 0.05) is 57.5 Å². The van der Waals surface area contributed by atoms with Gasteiger partial charge in [-0.25, -0.2) is 14.8 Å². The number of carboxylic acid groups (broad SMARTS) is 1. The molecule has 2 aliphatic rings. The predicted molar refractivity (Wildman–Crippen MR) is 353 cm³/mol. The second-order valence-electron chi connectivity index (χ2n) is 24.6. The van der Waals surface area contributed by atoms with Gasteiger partial charge in [-0.1, -0.05) is 117 Å². The van der Waals surface area contributed by atoms with E-state index in [1.54, 1.807) is 123 Å². The van der Waals surface area contributed by atoms with E-state index < -0.39 is 120 Å². The largest absolute Gasteiger partial charge is 0.508 e. The molecule has 2 saturated heterocycles. The van der Waals surface area contributed by atoms with Crippen molar-refractivity contribution in [2.45, 2.75) is 158 Å². The van der Waals surface area contributed by atoms with Crippen LogP contribution in [0, 0.1) is 5.92 Å². The first kappa shape index (κ1) is 71.6. The summed E-state index contributed by atoms with van der Waals surface area (Å²) in [7, 11) is 0. The van der Waals surface area contributed by atoms with Crippen molar-refractivity contribution < 1.29 is 58.2 Å². The van der Waals surface area contributed by atoms with Crippen molar-refractivity contribution in [3.05, 3.63) is 174 Å². The molecular weight excluding hydrogens is 1230 g/mol. The normalized spacial score (nSPS) is 16.9. The number of amides is 9. The van der Waals surface area contributed by atoms with Gasteiger partial charge < -0.3 is 78.7 Å². The van der Waals surface area contributed by atoms with Gasteiger partial charge in [0.05, 0.1) is 30.1 Å². The summed E-state index contributed by atoms with van der Waals surface area (Å²) in [5, 5.41) is 45.5. The zero-order valence-electron chi connectivity index (χ0n) is 53.8. The van der Waals surface area contributed by atoms with Crippen LogP contribution in [-0.2, 0) is 86.5 Å². The number of nitrogens with zero attached hydrogens (tertiary/aromatic N) is 3. The average Bonchev–Trinajstić information content (AvgIpc) is 1.23. The molecule has 0 aliphatic carbocycles. The summed E-state index contributed by atoms with van der Waals surface area (Å²) in [5.74, 6) is -8.32. The number of rotatable bonds is 35. The molecule has 0 spiro atoms. The zero-order chi connectivity index (χ0) is 68.5. The molecule has 2 aliphatic heterocycles. The summed E-state index contributed by atoms with van der Waals surface area (Å²) in [6.45, 7) is 4.49. The van der Waals surface area contributed by atoms with Gasteiger partial charge in [0.15, 0.2) is 0 Å². The first-order valence-corrected chi connectivity index (χ1v) is 32.6. The van der Waals surface area contributed by atoms with Crippen molar-refractivity contribution in [2.75, 3.05) is 19.6 Å². The average molecular weight is 1320 g/mol. The second-order valence-corrected chi connectivity index (χ2v) is 24.6. The van der Waals surface area contributed by atoms with Crippen LogP contribution in [0.5, 0.6) is 5.75 Å². The smallest absolute Gasteiger partial charge is 0.326 e. The number of nitrogens with one attached hydrogen (secondary N) is 11. The van der Waals surface area contributed by atoms with Crippen LogP contribution in [0.2, 0.25) is 0 Å². The highest BCUT2D eigenvalue weighted by Crippen LogP contribution is 2.22. The van der Waals surface area contributed by atoms with Crippen LogP contribution in [0.25, 0.3) is 0 Å². The molecule has 6 aromatic rings. The fraction of sp³-hybridized carbons (Fsp3) is 0.420. The minimum atomic E-state index is -1.45. The van der Waals surface area contributed by atoms with Crippen molar-refractivity contribution in [3.63, 3.8) is 0 Å². The van der Waals surface area contributed by atoms with E-state index in [-0.39, 0.29) is 69.6 Å². The Balaban J connectivity index is 1.03. The first-order valence-electron chi connectivity index (χ1n) is 32.6. The van der Waals surface area contributed by atoms with Gasteiger partial charge in [0.1, 0.15) is 60.1 Å². The standard InChI is InChI=1S/C69H87N15O12/c1-42(2)59(67(93)81-54(35-46-25-27-49(85)28-26-46)61(87)76-51(69(95)96)22-12-13-29-70)83-65(91)55(34-45-20-10-5-11-21-45)78-62(88)52(32-43-16-6-3-7-17-43)77-64(90)56(36-47-38-71-40-74-47)79-63(89)53(33-44-18-8-4-9-19-44)80-66(92)58-24-15-31-84(58)68(94)57(37-48-39-72-41-75-48)82-60(86)50-23-14-30-73-50/h3-11,16-21,25-28,38-42,50-59,73,85H,12-15,22-24,29-37,70H2,1-2H3,(H,71,74)(H,72,75)(H,76,87)(H,77,90)(H,78,88)(H,79,89)(H,80,92)(H,81,93)(H,82,86)(H,83,91)(H,95,96). The minimum Gasteiger partial charge on any atom is -0.508 e. The summed E-state index contributed by atoms with van der Waals surface area (Å²) in [5.41, 5.74) is 8.89. The predicted octanol–water partition coefficient (Wildman–Crippen LogP) is 1.09. The van der Waals surface area contributed by atoms with Gasteiger partial charge in [-0.3, -0.25) is 43.2 Å². The summed E-state index contributed by atoms with van der Waals surface area (Å²) in [6.07, 6.45) is 8.52. The van der Waals surface area contributed by atoms with Crippen LogP contribution in [-0.4, -0.2) is 174 Å². The number of H-pyrrole nitrogens is 2. The summed E-state index contributed by atoms with van der Waals surface area (Å²) in [6, 6.07) is 20.0. The van der Waals surface area contributed by atoms with E-state index in [0.717, 1.165) is 6.42 Å². The number of carboxylic acids is 1. The molecule has 4 heterocycles. The molecular formula is C69H87N15O12. The molecule has 0 radical (unpaired) electrons. The van der Waals surface area contributed by atoms with Crippen molar-refractivity contribution in [2.24, 2.45) is 11.7 Å². The number of carbonyl (C=O) groups excluding carboxylic acids is 9. The lowest BCUT2D eigenvalue weighted by atomic mass is 9.98. The number of aromatic hydroxyl groups is 1. The second kappa shape index (κ2) is 35.8. The Hall–Kier alpha value is -10.3. The molecule has 9 amide bonds. The van der Waals surface area contributed by atoms with E-state index in [9.17, 15) is 48.6 Å². The molecule has 15 N–H and O–H groups in total. The minimum absolute atomic E-state index is 0.0486. The Morgan fingerprint density at radius 3 is 1.40 bits per heavy atom. The molecule has 27 nitrogen and oxygen atoms in total. The van der Waals surface area contributed by atoms with Crippen LogP contribution < -0.4 is 53.6 Å². The first-order chi connectivity index (χ1) is 46.3. The number of imidazole rings is 2. The molecule has 10 atom stereocenters. The summed E-state index contributed by atoms with van der Waals surface area (Å²) < 4.78 is 0. The Bertz CT molecular complexity index is 3520. The fourth-order valence-corrected chi connectivity index (χ4v) is 11.7. The maximum Gasteiger partial charge on any atom is 0.326 e. The van der Waals surface area contributed by atoms with Crippen LogP contribution in [0.1, 0.15) is 92.4 Å². The zero-order valence-corrected chi connectivity index (χ0v) is 53.8. The summed E-state index contributed by atoms with van der Waals surface area (Å²) >= 11 is 0. The number of aliphatic carboxylic acids is 1. The molecule has 4 aromatic carbocycles. The van der Waals surface area contributed by atoms with Gasteiger partial charge in [0.2, 0.25) is 53.2 Å². The number of phenols is 1. The lowest BCUT2D eigenvalue weighted by Crippen LogP contribution is -2.62. The Morgan fingerprint density at radius 2 is 0.948 bits per heavy atom. The van der Waals surface area contributed by atoms with Gasteiger partial charge in [-0.2, -0.15) is 0 Å². The molecule has 2 fully saturated rings. The number of aromatic nitrogens is 4. The summed E-state index contributed by atoms with van der Waals surface area (Å²) in [4.78, 5) is 159. The van der Waals surface area contributed by atoms with Gasteiger partial charge in [0.25, 0.3) is 0 Å². The Labute approximate surface area is 556 Å². The number of phenolic OH excluding ortho intramolecular Hbond substituents is 1. The number of aromatic amines is 2. The van der Waals surface area contributed by atoms with E-state index in [2.05, 4.69) is 67.8 Å². The number of carbonyl (C=O) groups is 10. The van der Waals surface area contributed by atoms with E-state index in [0.29, 0.717) is 72.4 Å². The van der Waals surface area contributed by atoms with Crippen molar-refractivity contribution in [3.8, 4) is 5.75 Å². The quantitative estimate of drug-likeness (QED) is 0.0248. The van der Waals surface area contributed by atoms with Crippen molar-refractivity contribution in [1.82, 2.24) is 72.7 Å². The number of hydrogen-bond donors (Lipinski definition) is 14. The highest BCUT2D eigenvalue weighted by Gasteiger charge is 2.41. The molecule has 10 unspecified atom stereocenters. The molecule has 0 saturated carbocycles. The van der Waals surface area contributed by atoms with Gasteiger partial charge >= 0.3 is 5.97 Å². The van der Waals surface area contributed by atoms with E-state index in [4.69, 9.17) is 5.73 Å². The monoisotopic (exact) mass is 1320 g/mol. The van der Waals surface area contributed by atoms with Gasteiger partial charge in [-0.05, 0) is 98.3 Å². The number of benzene rings is 4. The topological polar surface area (TPSA) is 406 Å². The van der Waals surface area contributed by atoms with E-state index in [1.165, 1.54) is 35.9 Å². The Kier molecular flexibility index (Phi) is 26.7. The molecule has 2 aromatic heterocycles. The molecule has 0 bridgehead atoms. The van der Waals surface area contributed by atoms with E-state index in [1.807, 2.05) is 0 Å². The van der Waals surface area contributed by atoms with Crippen LogP contribution in [0.4, 0.5) is 0 Å². The maximum atomic E-state index is 15.1. The maximum absolute atomic E-state index is 15.1. The number of hydrogen-bond acceptors (Lipinski definition) is 15. The lowest BCUT2D eigenvalue weighted by Gasteiger charge is -2.30. The number of unbranched alkanes of at least 4 members (excludes halogenated alkanes) is 1. The Morgan fingerprint density at radius 1 is 0.510 bits per heavy atom. The van der Waals surface area contributed by atoms with Crippen molar-refractivity contribution in [1.29, 1.82) is 0 Å². The molecule has 96 heavy (non-hydrogen) atoms. The molecule has 510 valence electrons. The number of likely N-dealkylation sites (tertiary alicyclic amines) is 1. The third kappa shape index (κ3) is 21.4. The third-order valence-corrected chi connectivity index (χ3v) is 17.0. The highest BCUT2D eigenvalue weighted by molar-refractivity contribution is 5.99. The lowest BCUT2D eigenvalue weighted by molar-refractivity contribution is -0.142. The van der Waals surface area contributed by atoms with Crippen molar-refractivity contribution >= 4 is 59.1 Å². The van der Waals surface area contributed by atoms with Gasteiger partial charge in [-0.15, -0.1) is 0 Å². The number of nitrogens with two attached hydrogens (primary N) is 1. The van der Waals surface area contributed by atoms with E-state index >= 15 is 9.59 Å². The fourth-order valence-electron chi connectivity index (χ4n) is 11.7.